The van der Waals surface area contributed by atoms with Crippen molar-refractivity contribution < 1.29 is 0 Å². The molecule has 0 saturated carbocycles. The normalized spacial score (nSPS) is 43.4. The van der Waals surface area contributed by atoms with Crippen LogP contribution in [0.5, 0.6) is 0 Å². The summed E-state index contributed by atoms with van der Waals surface area (Å²) >= 11 is 2.10. The highest BCUT2D eigenvalue weighted by Gasteiger charge is 2.46. The van der Waals surface area contributed by atoms with Gasteiger partial charge in [0.25, 0.3) is 0 Å². The first-order valence-corrected chi connectivity index (χ1v) is 7.34. The minimum absolute atomic E-state index is 0.310. The van der Waals surface area contributed by atoms with E-state index in [0.717, 1.165) is 12.6 Å². The number of rotatable bonds is 2. The number of hydrogen-bond donors (Lipinski definition) is 1. The Morgan fingerprint density at radius 2 is 2.20 bits per heavy atom. The molecule has 0 aromatic carbocycles. The van der Waals surface area contributed by atoms with E-state index < -0.39 is 0 Å². The van der Waals surface area contributed by atoms with Crippen LogP contribution in [-0.2, 0) is 0 Å². The molecule has 3 heteroatoms. The van der Waals surface area contributed by atoms with Gasteiger partial charge in [0.15, 0.2) is 0 Å². The first-order chi connectivity index (χ1) is 7.20. The minimum Gasteiger partial charge on any atom is -0.329 e. The second kappa shape index (κ2) is 4.64. The van der Waals surface area contributed by atoms with Crippen LogP contribution in [0.15, 0.2) is 0 Å². The Morgan fingerprint density at radius 1 is 1.40 bits per heavy atom. The van der Waals surface area contributed by atoms with Gasteiger partial charge in [0, 0.05) is 23.4 Å². The van der Waals surface area contributed by atoms with Crippen LogP contribution < -0.4 is 5.73 Å². The fraction of sp³-hybridized carbons (Fsp3) is 1.00. The third-order valence-electron chi connectivity index (χ3n) is 4.39. The molecule has 0 aromatic heterocycles. The van der Waals surface area contributed by atoms with Gasteiger partial charge in [0.05, 0.1) is 0 Å². The van der Waals surface area contributed by atoms with Gasteiger partial charge in [-0.1, -0.05) is 13.3 Å². The molecule has 2 nitrogen and oxygen atoms in total. The zero-order valence-electron chi connectivity index (χ0n) is 10.0. The van der Waals surface area contributed by atoms with E-state index in [1.165, 1.54) is 38.0 Å². The number of hydrogen-bond acceptors (Lipinski definition) is 3. The molecule has 3 unspecified atom stereocenters. The molecule has 2 aliphatic rings. The van der Waals surface area contributed by atoms with Crippen molar-refractivity contribution in [3.8, 4) is 0 Å². The van der Waals surface area contributed by atoms with Crippen LogP contribution in [-0.4, -0.2) is 40.6 Å². The molecule has 0 aromatic rings. The lowest BCUT2D eigenvalue weighted by molar-refractivity contribution is 0.0327. The van der Waals surface area contributed by atoms with Crippen molar-refractivity contribution >= 4 is 11.8 Å². The Hall–Kier alpha value is 0.270. The highest BCUT2D eigenvalue weighted by Crippen LogP contribution is 2.42. The molecule has 15 heavy (non-hydrogen) atoms. The van der Waals surface area contributed by atoms with Gasteiger partial charge in [-0.3, -0.25) is 4.90 Å². The fourth-order valence-corrected chi connectivity index (χ4v) is 4.78. The number of nitrogens with zero attached hydrogens (tertiary/aromatic N) is 1. The van der Waals surface area contributed by atoms with Crippen molar-refractivity contribution in [3.63, 3.8) is 0 Å². The SMILES string of the molecule is CC1CCCCN1C1(CN)CCSC1C. The van der Waals surface area contributed by atoms with Crippen LogP contribution in [0.1, 0.15) is 39.5 Å². The van der Waals surface area contributed by atoms with E-state index >= 15 is 0 Å². The molecule has 0 radical (unpaired) electrons. The van der Waals surface area contributed by atoms with Gasteiger partial charge >= 0.3 is 0 Å². The first kappa shape index (κ1) is 11.7. The average molecular weight is 228 g/mol. The molecule has 0 spiro atoms. The molecule has 0 amide bonds. The second-order valence-electron chi connectivity index (χ2n) is 5.11. The minimum atomic E-state index is 0.310. The summed E-state index contributed by atoms with van der Waals surface area (Å²) < 4.78 is 0. The van der Waals surface area contributed by atoms with Crippen molar-refractivity contribution in [2.45, 2.75) is 56.4 Å². The van der Waals surface area contributed by atoms with Crippen LogP contribution in [0.2, 0.25) is 0 Å². The number of piperidine rings is 1. The molecule has 2 N–H and O–H groups in total. The molecule has 2 rings (SSSR count). The highest BCUT2D eigenvalue weighted by atomic mass is 32.2. The fourth-order valence-electron chi connectivity index (χ4n) is 3.29. The Morgan fingerprint density at radius 3 is 2.73 bits per heavy atom. The molecule has 2 fully saturated rings. The molecular formula is C12H24N2S. The summed E-state index contributed by atoms with van der Waals surface area (Å²) in [7, 11) is 0. The van der Waals surface area contributed by atoms with E-state index in [1.54, 1.807) is 0 Å². The quantitative estimate of drug-likeness (QED) is 0.784. The van der Waals surface area contributed by atoms with Crippen molar-refractivity contribution in [3.05, 3.63) is 0 Å². The largest absolute Gasteiger partial charge is 0.329 e. The van der Waals surface area contributed by atoms with Crippen LogP contribution in [0, 0.1) is 0 Å². The van der Waals surface area contributed by atoms with Gasteiger partial charge in [0.1, 0.15) is 0 Å². The molecule has 3 atom stereocenters. The Balaban J connectivity index is 2.16. The zero-order chi connectivity index (χ0) is 10.9. The monoisotopic (exact) mass is 228 g/mol. The summed E-state index contributed by atoms with van der Waals surface area (Å²) in [6, 6.07) is 0.739. The predicted octanol–water partition coefficient (Wildman–Crippen LogP) is 2.08. The van der Waals surface area contributed by atoms with Gasteiger partial charge in [-0.05, 0) is 38.5 Å². The van der Waals surface area contributed by atoms with Crippen molar-refractivity contribution in [2.24, 2.45) is 5.73 Å². The summed E-state index contributed by atoms with van der Waals surface area (Å²) in [5.74, 6) is 1.29. The summed E-state index contributed by atoms with van der Waals surface area (Å²) in [6.07, 6.45) is 5.42. The summed E-state index contributed by atoms with van der Waals surface area (Å²) in [6.45, 7) is 6.85. The van der Waals surface area contributed by atoms with E-state index in [1.807, 2.05) is 0 Å². The standard InChI is InChI=1S/C12H24N2S/c1-10-5-3-4-7-14(10)12(9-13)6-8-15-11(12)2/h10-11H,3-9,13H2,1-2H3. The Kier molecular flexibility index (Phi) is 3.63. The van der Waals surface area contributed by atoms with E-state index in [2.05, 4.69) is 30.5 Å². The highest BCUT2D eigenvalue weighted by molar-refractivity contribution is 8.00. The lowest BCUT2D eigenvalue weighted by Gasteiger charge is -2.48. The maximum absolute atomic E-state index is 6.10. The molecule has 2 heterocycles. The maximum atomic E-state index is 6.10. The molecule has 0 aliphatic carbocycles. The van der Waals surface area contributed by atoms with E-state index in [9.17, 15) is 0 Å². The Bertz CT molecular complexity index is 222. The topological polar surface area (TPSA) is 29.3 Å². The molecular weight excluding hydrogens is 204 g/mol. The van der Waals surface area contributed by atoms with Gasteiger partial charge in [-0.25, -0.2) is 0 Å². The Labute approximate surface area is 98.0 Å². The van der Waals surface area contributed by atoms with E-state index in [-0.39, 0.29) is 0 Å². The van der Waals surface area contributed by atoms with Crippen molar-refractivity contribution in [1.82, 2.24) is 4.90 Å². The molecule has 88 valence electrons. The molecule has 0 bridgehead atoms. The van der Waals surface area contributed by atoms with Crippen LogP contribution in [0.25, 0.3) is 0 Å². The first-order valence-electron chi connectivity index (χ1n) is 6.29. The van der Waals surface area contributed by atoms with Crippen LogP contribution >= 0.6 is 11.8 Å². The average Bonchev–Trinajstić information content (AvgIpc) is 2.61. The lowest BCUT2D eigenvalue weighted by Crippen LogP contribution is -2.61. The van der Waals surface area contributed by atoms with Gasteiger partial charge in [-0.15, -0.1) is 0 Å². The summed E-state index contributed by atoms with van der Waals surface area (Å²) in [4.78, 5) is 2.72. The molecule has 2 saturated heterocycles. The van der Waals surface area contributed by atoms with Gasteiger partial charge < -0.3 is 5.73 Å². The number of likely N-dealkylation sites (tertiary alicyclic amines) is 1. The lowest BCUT2D eigenvalue weighted by atomic mass is 9.86. The van der Waals surface area contributed by atoms with Crippen LogP contribution in [0.4, 0.5) is 0 Å². The predicted molar refractivity (Wildman–Crippen MR) is 68.3 cm³/mol. The van der Waals surface area contributed by atoms with Crippen molar-refractivity contribution in [2.75, 3.05) is 18.8 Å². The van der Waals surface area contributed by atoms with Crippen LogP contribution in [0.3, 0.4) is 0 Å². The third-order valence-corrected chi connectivity index (χ3v) is 5.77. The van der Waals surface area contributed by atoms with E-state index in [0.29, 0.717) is 10.8 Å². The summed E-state index contributed by atoms with van der Waals surface area (Å²) in [5.41, 5.74) is 6.41. The maximum Gasteiger partial charge on any atom is 0.0458 e. The third kappa shape index (κ3) is 1.94. The van der Waals surface area contributed by atoms with Crippen molar-refractivity contribution in [1.29, 1.82) is 0 Å². The number of thioether (sulfide) groups is 1. The second-order valence-corrected chi connectivity index (χ2v) is 6.56. The summed E-state index contributed by atoms with van der Waals surface area (Å²) in [5, 5.41) is 0.711. The number of nitrogens with two attached hydrogens (primary N) is 1. The smallest absolute Gasteiger partial charge is 0.0458 e. The molecule has 2 aliphatic heterocycles. The van der Waals surface area contributed by atoms with E-state index in [4.69, 9.17) is 5.73 Å². The van der Waals surface area contributed by atoms with Gasteiger partial charge in [-0.2, -0.15) is 11.8 Å². The van der Waals surface area contributed by atoms with Gasteiger partial charge in [0.2, 0.25) is 0 Å². The zero-order valence-corrected chi connectivity index (χ0v) is 10.9.